The Labute approximate surface area is 217 Å². The van der Waals surface area contributed by atoms with Gasteiger partial charge in [-0.2, -0.15) is 0 Å². The zero-order valence-corrected chi connectivity index (χ0v) is 21.6. The first-order chi connectivity index (χ1) is 18.0. The minimum Gasteiger partial charge on any atom is -0.507 e. The van der Waals surface area contributed by atoms with Crippen molar-refractivity contribution in [3.63, 3.8) is 0 Å². The summed E-state index contributed by atoms with van der Waals surface area (Å²) in [5.74, 6) is -0.214. The average molecular weight is 511 g/mol. The van der Waals surface area contributed by atoms with Crippen molar-refractivity contribution in [2.75, 3.05) is 60.2 Å². The lowest BCUT2D eigenvalue weighted by atomic mass is 9.94. The molecule has 2 heterocycles. The van der Waals surface area contributed by atoms with Crippen molar-refractivity contribution in [3.05, 3.63) is 59.2 Å². The Balaban J connectivity index is 1.76. The maximum absolute atomic E-state index is 13.4. The number of likely N-dealkylation sites (tertiary alicyclic amines) is 1. The summed E-state index contributed by atoms with van der Waals surface area (Å²) < 4.78 is 22.1. The minimum atomic E-state index is -0.842. The van der Waals surface area contributed by atoms with Gasteiger partial charge in [0.2, 0.25) is 0 Å². The Bertz CT molecular complexity index is 1160. The van der Waals surface area contributed by atoms with Crippen LogP contribution in [-0.2, 0) is 14.3 Å². The normalized spacial score (nSPS) is 19.8. The van der Waals surface area contributed by atoms with E-state index in [9.17, 15) is 14.7 Å². The van der Waals surface area contributed by atoms with Crippen LogP contribution in [0, 0.1) is 0 Å². The van der Waals surface area contributed by atoms with E-state index in [1.807, 2.05) is 6.92 Å². The molecule has 1 N–H and O–H groups in total. The van der Waals surface area contributed by atoms with Crippen LogP contribution in [0.1, 0.15) is 30.5 Å². The minimum absolute atomic E-state index is 0.0107. The molecule has 2 aliphatic heterocycles. The van der Waals surface area contributed by atoms with Gasteiger partial charge in [0, 0.05) is 37.3 Å². The van der Waals surface area contributed by atoms with Gasteiger partial charge in [0.15, 0.2) is 11.5 Å². The van der Waals surface area contributed by atoms with E-state index in [0.29, 0.717) is 61.2 Å². The van der Waals surface area contributed by atoms with Crippen LogP contribution < -0.4 is 14.2 Å². The highest BCUT2D eigenvalue weighted by Crippen LogP contribution is 2.45. The van der Waals surface area contributed by atoms with Gasteiger partial charge in [0.05, 0.1) is 45.7 Å². The molecule has 2 fully saturated rings. The fourth-order valence-corrected chi connectivity index (χ4v) is 4.91. The fraction of sp³-hybridized carbons (Fsp3) is 0.429. The third-order valence-electron chi connectivity index (χ3n) is 6.66. The van der Waals surface area contributed by atoms with Crippen LogP contribution in [0.4, 0.5) is 0 Å². The number of para-hydroxylation sites is 1. The van der Waals surface area contributed by atoms with Crippen LogP contribution in [0.2, 0.25) is 0 Å². The number of hydrogen-bond acceptors (Lipinski definition) is 8. The van der Waals surface area contributed by atoms with Crippen molar-refractivity contribution in [2.45, 2.75) is 19.4 Å². The third-order valence-corrected chi connectivity index (χ3v) is 6.66. The maximum atomic E-state index is 13.4. The molecule has 1 amide bonds. The number of Topliss-reactive ketones (excluding diaryl/α,β-unsaturated/α-hetero) is 1. The van der Waals surface area contributed by atoms with E-state index < -0.39 is 17.7 Å². The number of rotatable bonds is 10. The van der Waals surface area contributed by atoms with E-state index in [1.54, 1.807) is 42.5 Å². The highest BCUT2D eigenvalue weighted by molar-refractivity contribution is 6.46. The summed E-state index contributed by atoms with van der Waals surface area (Å²) in [6, 6.07) is 11.3. The van der Waals surface area contributed by atoms with Crippen LogP contribution in [0.5, 0.6) is 17.2 Å². The van der Waals surface area contributed by atoms with Gasteiger partial charge in [-0.1, -0.05) is 24.3 Å². The Hall–Kier alpha value is -3.56. The van der Waals surface area contributed by atoms with E-state index in [1.165, 1.54) is 19.1 Å². The highest BCUT2D eigenvalue weighted by Gasteiger charge is 2.47. The molecule has 0 bridgehead atoms. The molecule has 2 aliphatic rings. The third kappa shape index (κ3) is 5.57. The molecule has 0 spiro atoms. The van der Waals surface area contributed by atoms with Crippen molar-refractivity contribution in [1.29, 1.82) is 0 Å². The molecule has 198 valence electrons. The summed E-state index contributed by atoms with van der Waals surface area (Å²) in [6.07, 6.45) is 0.662. The zero-order valence-electron chi connectivity index (χ0n) is 21.6. The van der Waals surface area contributed by atoms with Crippen LogP contribution in [0.15, 0.2) is 48.0 Å². The lowest BCUT2D eigenvalue weighted by Gasteiger charge is -2.30. The lowest BCUT2D eigenvalue weighted by Crippen LogP contribution is -2.39. The fourth-order valence-electron chi connectivity index (χ4n) is 4.91. The second kappa shape index (κ2) is 12.1. The molecule has 0 saturated carbocycles. The van der Waals surface area contributed by atoms with Gasteiger partial charge >= 0.3 is 0 Å². The topological polar surface area (TPSA) is 97.8 Å². The number of methoxy groups -OCH3 is 2. The number of carbonyl (C=O) groups is 2. The number of ether oxygens (including phenoxy) is 4. The van der Waals surface area contributed by atoms with Crippen LogP contribution in [0.25, 0.3) is 5.76 Å². The summed E-state index contributed by atoms with van der Waals surface area (Å²) >= 11 is 0. The largest absolute Gasteiger partial charge is 0.507 e. The highest BCUT2D eigenvalue weighted by atomic mass is 16.5. The number of carbonyl (C=O) groups excluding carboxylic acids is 2. The molecule has 2 aromatic carbocycles. The predicted octanol–water partition coefficient (Wildman–Crippen LogP) is 3.25. The summed E-state index contributed by atoms with van der Waals surface area (Å²) in [7, 11) is 3.04. The summed E-state index contributed by atoms with van der Waals surface area (Å²) in [5, 5.41) is 11.4. The standard InChI is InChI=1S/C28H34N2O7/c1-4-37-20-9-5-8-19(18-20)25(31)23-24(21-10-6-11-22(34-2)27(21)35-3)30(28(33)26(23)32)13-7-12-29-14-16-36-17-15-29/h5-6,8-11,18,24,31H,4,7,12-17H2,1-3H3/b25-23+. The van der Waals surface area contributed by atoms with Crippen molar-refractivity contribution in [1.82, 2.24) is 9.80 Å². The van der Waals surface area contributed by atoms with Crippen molar-refractivity contribution in [2.24, 2.45) is 0 Å². The Morgan fingerprint density at radius 2 is 1.81 bits per heavy atom. The Morgan fingerprint density at radius 3 is 2.51 bits per heavy atom. The van der Waals surface area contributed by atoms with Crippen LogP contribution in [-0.4, -0.2) is 86.8 Å². The zero-order chi connectivity index (χ0) is 26.4. The molecule has 0 aromatic heterocycles. The second-order valence-electron chi connectivity index (χ2n) is 8.84. The van der Waals surface area contributed by atoms with Crippen molar-refractivity contribution in [3.8, 4) is 17.2 Å². The molecule has 1 atom stereocenters. The second-order valence-corrected chi connectivity index (χ2v) is 8.84. The first kappa shape index (κ1) is 26.5. The van der Waals surface area contributed by atoms with Crippen molar-refractivity contribution >= 4 is 17.4 Å². The summed E-state index contributed by atoms with van der Waals surface area (Å²) in [5.41, 5.74) is 0.968. The molecular formula is C28H34N2O7. The van der Waals surface area contributed by atoms with Gasteiger partial charge in [-0.05, 0) is 31.5 Å². The van der Waals surface area contributed by atoms with Gasteiger partial charge in [-0.3, -0.25) is 14.5 Å². The number of amides is 1. The number of hydrogen-bond donors (Lipinski definition) is 1. The van der Waals surface area contributed by atoms with E-state index in [2.05, 4.69) is 4.90 Å². The number of aliphatic hydroxyl groups is 1. The Morgan fingerprint density at radius 1 is 1.05 bits per heavy atom. The Kier molecular flexibility index (Phi) is 8.68. The molecule has 2 aromatic rings. The summed E-state index contributed by atoms with van der Waals surface area (Å²) in [6.45, 7) is 6.47. The van der Waals surface area contributed by atoms with Gasteiger partial charge in [-0.25, -0.2) is 0 Å². The molecule has 4 rings (SSSR count). The molecule has 0 radical (unpaired) electrons. The first-order valence-corrected chi connectivity index (χ1v) is 12.5. The maximum Gasteiger partial charge on any atom is 0.295 e. The molecule has 9 heteroatoms. The van der Waals surface area contributed by atoms with E-state index in [4.69, 9.17) is 18.9 Å². The van der Waals surface area contributed by atoms with Gasteiger partial charge in [0.1, 0.15) is 11.5 Å². The van der Waals surface area contributed by atoms with Gasteiger partial charge in [0.25, 0.3) is 11.7 Å². The van der Waals surface area contributed by atoms with Gasteiger partial charge in [-0.15, -0.1) is 0 Å². The SMILES string of the molecule is CCOc1cccc(/C(O)=C2\C(=O)C(=O)N(CCCN3CCOCC3)C2c2cccc(OC)c2OC)c1. The van der Waals surface area contributed by atoms with Crippen molar-refractivity contribution < 1.29 is 33.6 Å². The van der Waals surface area contributed by atoms with E-state index in [0.717, 1.165) is 19.6 Å². The van der Waals surface area contributed by atoms with E-state index >= 15 is 0 Å². The molecule has 37 heavy (non-hydrogen) atoms. The number of nitrogens with zero attached hydrogens (tertiary/aromatic N) is 2. The first-order valence-electron chi connectivity index (χ1n) is 12.5. The van der Waals surface area contributed by atoms with Crippen LogP contribution >= 0.6 is 0 Å². The molecule has 0 aliphatic carbocycles. The number of ketones is 1. The van der Waals surface area contributed by atoms with Crippen LogP contribution in [0.3, 0.4) is 0 Å². The monoisotopic (exact) mass is 510 g/mol. The van der Waals surface area contributed by atoms with E-state index in [-0.39, 0.29) is 11.3 Å². The number of morpholine rings is 1. The van der Waals surface area contributed by atoms with Gasteiger partial charge < -0.3 is 29.0 Å². The quantitative estimate of drug-likeness (QED) is 0.296. The average Bonchev–Trinajstić information content (AvgIpc) is 3.18. The number of benzene rings is 2. The molecular weight excluding hydrogens is 476 g/mol. The smallest absolute Gasteiger partial charge is 0.295 e. The number of aliphatic hydroxyl groups excluding tert-OH is 1. The molecule has 1 unspecified atom stereocenters. The predicted molar refractivity (Wildman–Crippen MR) is 138 cm³/mol. The molecule has 9 nitrogen and oxygen atoms in total. The molecule has 2 saturated heterocycles. The lowest BCUT2D eigenvalue weighted by molar-refractivity contribution is -0.140. The summed E-state index contributed by atoms with van der Waals surface area (Å²) in [4.78, 5) is 30.6.